The fourth-order valence-electron chi connectivity index (χ4n) is 2.80. The summed E-state index contributed by atoms with van der Waals surface area (Å²) in [5.74, 6) is 1.34. The lowest BCUT2D eigenvalue weighted by Crippen LogP contribution is -2.04. The van der Waals surface area contributed by atoms with E-state index in [-0.39, 0.29) is 17.0 Å². The normalized spacial score (nSPS) is 10.6. The summed E-state index contributed by atoms with van der Waals surface area (Å²) in [6.45, 7) is 3.60. The SMILES string of the molecule is Br.CCCOc1cc(CCCn2c(N)nc3ccccc32)ccc1Cl. The molecule has 0 radical (unpaired) electrons. The predicted molar refractivity (Wildman–Crippen MR) is 110 cm³/mol. The van der Waals surface area contributed by atoms with Gasteiger partial charge >= 0.3 is 0 Å². The summed E-state index contributed by atoms with van der Waals surface area (Å²) >= 11 is 6.18. The zero-order chi connectivity index (χ0) is 16.9. The number of nitrogen functional groups attached to an aromatic ring is 1. The number of fused-ring (bicyclic) bond motifs is 1. The molecule has 0 saturated carbocycles. The summed E-state index contributed by atoms with van der Waals surface area (Å²) in [6, 6.07) is 14.0. The molecule has 3 rings (SSSR count). The highest BCUT2D eigenvalue weighted by atomic mass is 79.9. The van der Waals surface area contributed by atoms with Gasteiger partial charge in [-0.05, 0) is 49.1 Å². The largest absolute Gasteiger partial charge is 0.492 e. The van der Waals surface area contributed by atoms with Crippen molar-refractivity contribution in [2.24, 2.45) is 0 Å². The van der Waals surface area contributed by atoms with E-state index in [4.69, 9.17) is 22.1 Å². The molecule has 1 heterocycles. The van der Waals surface area contributed by atoms with Crippen molar-refractivity contribution in [3.8, 4) is 5.75 Å². The van der Waals surface area contributed by atoms with Gasteiger partial charge in [0, 0.05) is 6.54 Å². The minimum Gasteiger partial charge on any atom is -0.492 e. The second-order valence-electron chi connectivity index (χ2n) is 5.83. The number of hydrogen-bond donors (Lipinski definition) is 1. The third-order valence-electron chi connectivity index (χ3n) is 3.99. The van der Waals surface area contributed by atoms with Crippen molar-refractivity contribution < 1.29 is 4.74 Å². The highest BCUT2D eigenvalue weighted by Gasteiger charge is 2.08. The number of anilines is 1. The van der Waals surface area contributed by atoms with Gasteiger partial charge in [-0.1, -0.05) is 36.7 Å². The number of halogens is 2. The Bertz CT molecular complexity index is 835. The number of nitrogens with zero attached hydrogens (tertiary/aromatic N) is 2. The molecular weight excluding hydrogens is 402 g/mol. The molecule has 0 aliphatic rings. The molecule has 134 valence electrons. The Hall–Kier alpha value is -1.72. The van der Waals surface area contributed by atoms with E-state index < -0.39 is 0 Å². The van der Waals surface area contributed by atoms with Crippen LogP contribution in [-0.2, 0) is 13.0 Å². The van der Waals surface area contributed by atoms with Crippen LogP contribution in [0.25, 0.3) is 11.0 Å². The molecule has 0 bridgehead atoms. The van der Waals surface area contributed by atoms with E-state index in [1.807, 2.05) is 30.3 Å². The first-order valence-electron chi connectivity index (χ1n) is 8.31. The molecule has 4 nitrogen and oxygen atoms in total. The van der Waals surface area contributed by atoms with Crippen molar-refractivity contribution in [1.82, 2.24) is 9.55 Å². The number of aromatic nitrogens is 2. The van der Waals surface area contributed by atoms with Crippen molar-refractivity contribution in [1.29, 1.82) is 0 Å². The number of rotatable bonds is 7. The van der Waals surface area contributed by atoms with Crippen LogP contribution in [0.5, 0.6) is 5.75 Å². The number of hydrogen-bond acceptors (Lipinski definition) is 3. The van der Waals surface area contributed by atoms with Crippen molar-refractivity contribution in [2.75, 3.05) is 12.3 Å². The molecule has 3 aromatic rings. The maximum absolute atomic E-state index is 6.18. The lowest BCUT2D eigenvalue weighted by atomic mass is 10.1. The molecule has 2 N–H and O–H groups in total. The molecule has 0 atom stereocenters. The smallest absolute Gasteiger partial charge is 0.201 e. The van der Waals surface area contributed by atoms with Crippen LogP contribution in [0.15, 0.2) is 42.5 Å². The predicted octanol–water partition coefficient (Wildman–Crippen LogP) is 5.27. The van der Waals surface area contributed by atoms with Gasteiger partial charge in [0.1, 0.15) is 5.75 Å². The molecule has 0 saturated heterocycles. The van der Waals surface area contributed by atoms with Gasteiger partial charge in [-0.3, -0.25) is 0 Å². The highest BCUT2D eigenvalue weighted by molar-refractivity contribution is 8.93. The summed E-state index contributed by atoms with van der Waals surface area (Å²) in [6.07, 6.45) is 2.87. The van der Waals surface area contributed by atoms with Crippen LogP contribution in [0, 0.1) is 0 Å². The summed E-state index contributed by atoms with van der Waals surface area (Å²) in [5.41, 5.74) is 9.29. The summed E-state index contributed by atoms with van der Waals surface area (Å²) in [5, 5.41) is 0.664. The van der Waals surface area contributed by atoms with Crippen molar-refractivity contribution >= 4 is 45.6 Å². The second kappa shape index (κ2) is 9.11. The van der Waals surface area contributed by atoms with Crippen LogP contribution < -0.4 is 10.5 Å². The van der Waals surface area contributed by atoms with E-state index in [0.717, 1.165) is 42.6 Å². The van der Waals surface area contributed by atoms with Gasteiger partial charge in [0.25, 0.3) is 0 Å². The monoisotopic (exact) mass is 423 g/mol. The summed E-state index contributed by atoms with van der Waals surface area (Å²) in [4.78, 5) is 4.40. The first kappa shape index (κ1) is 19.6. The molecule has 0 aliphatic carbocycles. The fourth-order valence-corrected chi connectivity index (χ4v) is 2.97. The van der Waals surface area contributed by atoms with Crippen LogP contribution in [0.4, 0.5) is 5.95 Å². The molecule has 25 heavy (non-hydrogen) atoms. The highest BCUT2D eigenvalue weighted by Crippen LogP contribution is 2.26. The van der Waals surface area contributed by atoms with Gasteiger partial charge in [-0.25, -0.2) is 4.98 Å². The molecule has 2 aromatic carbocycles. The maximum atomic E-state index is 6.18. The minimum atomic E-state index is 0. The second-order valence-corrected chi connectivity index (χ2v) is 6.23. The number of benzene rings is 2. The number of nitrogens with two attached hydrogens (primary N) is 1. The first-order valence-corrected chi connectivity index (χ1v) is 8.69. The average molecular weight is 425 g/mol. The third-order valence-corrected chi connectivity index (χ3v) is 4.30. The van der Waals surface area contributed by atoms with Crippen LogP contribution in [-0.4, -0.2) is 16.2 Å². The Kier molecular flexibility index (Phi) is 7.14. The molecule has 6 heteroatoms. The number of aryl methyl sites for hydroxylation is 2. The molecule has 0 fully saturated rings. The van der Waals surface area contributed by atoms with Gasteiger partial charge in [-0.2, -0.15) is 0 Å². The van der Waals surface area contributed by atoms with Crippen LogP contribution in [0.1, 0.15) is 25.3 Å². The van der Waals surface area contributed by atoms with E-state index in [1.54, 1.807) is 0 Å². The molecule has 0 aliphatic heterocycles. The number of imidazole rings is 1. The standard InChI is InChI=1S/C19H22ClN3O.BrH/c1-2-12-24-18-13-14(9-10-15(18)20)6-5-11-23-17-8-4-3-7-16(17)22-19(23)21;/h3-4,7-10,13H,2,5-6,11-12H2,1H3,(H2,21,22);1H. The van der Waals surface area contributed by atoms with Crippen molar-refractivity contribution in [3.63, 3.8) is 0 Å². The molecule has 0 spiro atoms. The zero-order valence-corrected chi connectivity index (χ0v) is 16.7. The van der Waals surface area contributed by atoms with Crippen LogP contribution in [0.2, 0.25) is 5.02 Å². The Morgan fingerprint density at radius 3 is 2.80 bits per heavy atom. The summed E-state index contributed by atoms with van der Waals surface area (Å²) in [7, 11) is 0. The van der Waals surface area contributed by atoms with Crippen LogP contribution in [0.3, 0.4) is 0 Å². The Morgan fingerprint density at radius 1 is 1.20 bits per heavy atom. The van der Waals surface area contributed by atoms with Gasteiger partial charge in [0.15, 0.2) is 0 Å². The van der Waals surface area contributed by atoms with E-state index in [9.17, 15) is 0 Å². The lowest BCUT2D eigenvalue weighted by Gasteiger charge is -2.10. The molecule has 1 aromatic heterocycles. The Balaban J connectivity index is 0.00000225. The third kappa shape index (κ3) is 4.67. The average Bonchev–Trinajstić information content (AvgIpc) is 2.91. The summed E-state index contributed by atoms with van der Waals surface area (Å²) < 4.78 is 7.76. The number of ether oxygens (including phenoxy) is 1. The molecule has 0 amide bonds. The van der Waals surface area contributed by atoms with E-state index in [0.29, 0.717) is 17.6 Å². The van der Waals surface area contributed by atoms with Gasteiger partial charge in [-0.15, -0.1) is 17.0 Å². The van der Waals surface area contributed by atoms with Gasteiger partial charge in [0.2, 0.25) is 5.95 Å². The topological polar surface area (TPSA) is 53.1 Å². The fraction of sp³-hybridized carbons (Fsp3) is 0.316. The quantitative estimate of drug-likeness (QED) is 0.562. The Labute approximate surface area is 163 Å². The Morgan fingerprint density at radius 2 is 2.00 bits per heavy atom. The van der Waals surface area contributed by atoms with Gasteiger partial charge in [0.05, 0.1) is 22.7 Å². The van der Waals surface area contributed by atoms with Crippen molar-refractivity contribution in [2.45, 2.75) is 32.7 Å². The van der Waals surface area contributed by atoms with E-state index in [2.05, 4.69) is 28.6 Å². The molecular formula is C19H23BrClN3O. The lowest BCUT2D eigenvalue weighted by molar-refractivity contribution is 0.317. The molecule has 0 unspecified atom stereocenters. The van der Waals surface area contributed by atoms with E-state index >= 15 is 0 Å². The number of para-hydroxylation sites is 2. The van der Waals surface area contributed by atoms with Crippen LogP contribution >= 0.6 is 28.6 Å². The van der Waals surface area contributed by atoms with E-state index in [1.165, 1.54) is 5.56 Å². The van der Waals surface area contributed by atoms with Gasteiger partial charge < -0.3 is 15.0 Å². The van der Waals surface area contributed by atoms with Crippen molar-refractivity contribution in [3.05, 3.63) is 53.1 Å². The maximum Gasteiger partial charge on any atom is 0.201 e. The first-order chi connectivity index (χ1) is 11.7. The minimum absolute atomic E-state index is 0. The zero-order valence-electron chi connectivity index (χ0n) is 14.2.